The normalized spacial score (nSPS) is 10.4. The number of nitrogens with zero attached hydrogens (tertiary/aromatic N) is 2. The molecule has 1 N–H and O–H groups in total. The number of hydrogen-bond acceptors (Lipinski definition) is 4. The van der Waals surface area contributed by atoms with E-state index >= 15 is 0 Å². The molecule has 0 radical (unpaired) electrons. The highest BCUT2D eigenvalue weighted by molar-refractivity contribution is 6.04. The van der Waals surface area contributed by atoms with Crippen LogP contribution in [-0.4, -0.2) is 15.8 Å². The van der Waals surface area contributed by atoms with Crippen LogP contribution in [0, 0.1) is 10.1 Å². The van der Waals surface area contributed by atoms with E-state index in [1.165, 1.54) is 24.3 Å². The third-order valence-electron chi connectivity index (χ3n) is 3.16. The Morgan fingerprint density at radius 2 is 1.86 bits per heavy atom. The molecular weight excluding hydrogens is 282 g/mol. The van der Waals surface area contributed by atoms with E-state index in [1.807, 2.05) is 30.3 Å². The summed E-state index contributed by atoms with van der Waals surface area (Å²) in [7, 11) is 0. The Kier molecular flexibility index (Phi) is 3.49. The molecule has 1 aromatic heterocycles. The lowest BCUT2D eigenvalue weighted by Gasteiger charge is -2.05. The van der Waals surface area contributed by atoms with E-state index in [9.17, 15) is 14.9 Å². The molecule has 0 fully saturated rings. The molecule has 2 aromatic carbocycles. The molecule has 0 unspecified atom stereocenters. The first-order valence-corrected chi connectivity index (χ1v) is 6.55. The van der Waals surface area contributed by atoms with Crippen LogP contribution in [0.3, 0.4) is 0 Å². The number of carbonyl (C=O) groups is 1. The number of rotatable bonds is 3. The minimum absolute atomic E-state index is 0.126. The minimum Gasteiger partial charge on any atom is -0.307 e. The summed E-state index contributed by atoms with van der Waals surface area (Å²) in [4.78, 5) is 26.7. The van der Waals surface area contributed by atoms with Gasteiger partial charge in [0.25, 0.3) is 11.6 Å². The largest absolute Gasteiger partial charge is 0.307 e. The van der Waals surface area contributed by atoms with E-state index in [0.717, 1.165) is 10.9 Å². The number of non-ortho nitro benzene ring substituents is 1. The second-order valence-electron chi connectivity index (χ2n) is 4.65. The number of hydrogen-bond donors (Lipinski definition) is 1. The lowest BCUT2D eigenvalue weighted by Crippen LogP contribution is -2.13. The number of amides is 1. The summed E-state index contributed by atoms with van der Waals surface area (Å²) in [5.74, 6) is -0.0401. The third kappa shape index (κ3) is 2.76. The monoisotopic (exact) mass is 293 g/mol. The molecule has 0 saturated carbocycles. The van der Waals surface area contributed by atoms with Crippen molar-refractivity contribution in [1.82, 2.24) is 4.98 Å². The van der Waals surface area contributed by atoms with Crippen molar-refractivity contribution in [3.8, 4) is 0 Å². The SMILES string of the molecule is O=C(Nc1ccc2ccccc2n1)c1cccc([N+](=O)[O-])c1. The van der Waals surface area contributed by atoms with Crippen LogP contribution in [0.4, 0.5) is 11.5 Å². The van der Waals surface area contributed by atoms with Crippen LogP contribution in [0.5, 0.6) is 0 Å². The Labute approximate surface area is 125 Å². The molecule has 0 atom stereocenters. The Morgan fingerprint density at radius 1 is 1.05 bits per heavy atom. The fourth-order valence-electron chi connectivity index (χ4n) is 2.08. The van der Waals surface area contributed by atoms with Gasteiger partial charge in [0.15, 0.2) is 0 Å². The van der Waals surface area contributed by atoms with Gasteiger partial charge >= 0.3 is 0 Å². The Morgan fingerprint density at radius 3 is 2.68 bits per heavy atom. The van der Waals surface area contributed by atoms with Gasteiger partial charge in [0.05, 0.1) is 10.4 Å². The lowest BCUT2D eigenvalue weighted by atomic mass is 10.2. The molecule has 3 rings (SSSR count). The quantitative estimate of drug-likeness (QED) is 0.592. The minimum atomic E-state index is -0.537. The maximum atomic E-state index is 12.2. The summed E-state index contributed by atoms with van der Waals surface area (Å²) >= 11 is 0. The standard InChI is InChI=1S/C16H11N3O3/c20-16(12-5-3-6-13(10-12)19(21)22)18-15-9-8-11-4-1-2-7-14(11)17-15/h1-10H,(H,17,18,20). The number of fused-ring (bicyclic) bond motifs is 1. The van der Waals surface area contributed by atoms with Gasteiger partial charge in [0.2, 0.25) is 0 Å². The number of carbonyl (C=O) groups excluding carboxylic acids is 1. The van der Waals surface area contributed by atoms with Gasteiger partial charge in [-0.2, -0.15) is 0 Å². The predicted molar refractivity (Wildman–Crippen MR) is 82.8 cm³/mol. The van der Waals surface area contributed by atoms with Crippen LogP contribution in [-0.2, 0) is 0 Å². The molecule has 1 amide bonds. The summed E-state index contributed by atoms with van der Waals surface area (Å²) < 4.78 is 0. The average molecular weight is 293 g/mol. The van der Waals surface area contributed by atoms with Crippen LogP contribution in [0.15, 0.2) is 60.7 Å². The molecule has 3 aromatic rings. The summed E-state index contributed by atoms with van der Waals surface area (Å²) in [5, 5.41) is 14.4. The Bertz CT molecular complexity index is 877. The highest BCUT2D eigenvalue weighted by atomic mass is 16.6. The number of benzene rings is 2. The van der Waals surface area contributed by atoms with E-state index in [1.54, 1.807) is 6.07 Å². The predicted octanol–water partition coefficient (Wildman–Crippen LogP) is 3.40. The third-order valence-corrected chi connectivity index (χ3v) is 3.16. The number of anilines is 1. The van der Waals surface area contributed by atoms with Gasteiger partial charge in [0, 0.05) is 23.1 Å². The highest BCUT2D eigenvalue weighted by Gasteiger charge is 2.12. The zero-order chi connectivity index (χ0) is 15.5. The maximum absolute atomic E-state index is 12.2. The second kappa shape index (κ2) is 5.61. The molecule has 0 bridgehead atoms. The lowest BCUT2D eigenvalue weighted by molar-refractivity contribution is -0.384. The van der Waals surface area contributed by atoms with Gasteiger partial charge < -0.3 is 5.32 Å². The summed E-state index contributed by atoms with van der Waals surface area (Å²) in [6.07, 6.45) is 0. The van der Waals surface area contributed by atoms with E-state index in [2.05, 4.69) is 10.3 Å². The average Bonchev–Trinajstić information content (AvgIpc) is 2.55. The zero-order valence-corrected chi connectivity index (χ0v) is 11.4. The fraction of sp³-hybridized carbons (Fsp3) is 0. The molecular formula is C16H11N3O3. The van der Waals surface area contributed by atoms with Crippen molar-refractivity contribution in [2.45, 2.75) is 0 Å². The van der Waals surface area contributed by atoms with E-state index in [-0.39, 0.29) is 11.3 Å². The van der Waals surface area contributed by atoms with Gasteiger partial charge in [-0.05, 0) is 24.3 Å². The van der Waals surface area contributed by atoms with Crippen molar-refractivity contribution in [1.29, 1.82) is 0 Å². The van der Waals surface area contributed by atoms with Crippen molar-refractivity contribution in [2.75, 3.05) is 5.32 Å². The summed E-state index contributed by atoms with van der Waals surface area (Å²) in [5.41, 5.74) is 0.850. The van der Waals surface area contributed by atoms with Gasteiger partial charge in [-0.25, -0.2) is 4.98 Å². The number of nitro benzene ring substituents is 1. The summed E-state index contributed by atoms with van der Waals surface area (Å²) in [6.45, 7) is 0. The molecule has 108 valence electrons. The number of aromatic nitrogens is 1. The Balaban J connectivity index is 1.86. The Hall–Kier alpha value is -3.28. The van der Waals surface area contributed by atoms with E-state index in [4.69, 9.17) is 0 Å². The van der Waals surface area contributed by atoms with Crippen LogP contribution in [0.2, 0.25) is 0 Å². The first-order valence-electron chi connectivity index (χ1n) is 6.55. The van der Waals surface area contributed by atoms with Crippen molar-refractivity contribution in [3.63, 3.8) is 0 Å². The topological polar surface area (TPSA) is 85.1 Å². The molecule has 0 spiro atoms. The molecule has 0 aliphatic rings. The van der Waals surface area contributed by atoms with Crippen molar-refractivity contribution in [3.05, 3.63) is 76.3 Å². The van der Waals surface area contributed by atoms with Crippen LogP contribution < -0.4 is 5.32 Å². The van der Waals surface area contributed by atoms with Gasteiger partial charge in [-0.3, -0.25) is 14.9 Å². The highest BCUT2D eigenvalue weighted by Crippen LogP contribution is 2.17. The van der Waals surface area contributed by atoms with E-state index < -0.39 is 10.8 Å². The second-order valence-corrected chi connectivity index (χ2v) is 4.65. The molecule has 0 saturated heterocycles. The summed E-state index contributed by atoms with van der Waals surface area (Å²) in [6, 6.07) is 16.6. The molecule has 0 aliphatic heterocycles. The van der Waals surface area contributed by atoms with Crippen LogP contribution in [0.25, 0.3) is 10.9 Å². The van der Waals surface area contributed by atoms with Crippen molar-refractivity contribution < 1.29 is 9.72 Å². The smallest absolute Gasteiger partial charge is 0.270 e. The van der Waals surface area contributed by atoms with Gasteiger partial charge in [0.1, 0.15) is 5.82 Å². The van der Waals surface area contributed by atoms with Gasteiger partial charge in [-0.15, -0.1) is 0 Å². The van der Waals surface area contributed by atoms with E-state index in [0.29, 0.717) is 5.82 Å². The molecule has 0 aliphatic carbocycles. The first-order chi connectivity index (χ1) is 10.6. The first kappa shape index (κ1) is 13.7. The molecule has 6 heteroatoms. The van der Waals surface area contributed by atoms with Crippen LogP contribution in [0.1, 0.15) is 10.4 Å². The number of pyridine rings is 1. The van der Waals surface area contributed by atoms with Gasteiger partial charge in [-0.1, -0.05) is 24.3 Å². The van der Waals surface area contributed by atoms with Crippen molar-refractivity contribution in [2.24, 2.45) is 0 Å². The number of para-hydroxylation sites is 1. The zero-order valence-electron chi connectivity index (χ0n) is 11.4. The number of nitro groups is 1. The number of nitrogens with one attached hydrogen (secondary N) is 1. The van der Waals surface area contributed by atoms with Crippen LogP contribution >= 0.6 is 0 Å². The van der Waals surface area contributed by atoms with Crippen molar-refractivity contribution >= 4 is 28.3 Å². The molecule has 6 nitrogen and oxygen atoms in total. The molecule has 1 heterocycles. The fourth-order valence-corrected chi connectivity index (χ4v) is 2.08. The maximum Gasteiger partial charge on any atom is 0.270 e. The molecule has 22 heavy (non-hydrogen) atoms.